The number of nitriles is 1. The quantitative estimate of drug-likeness (QED) is 0.600. The molecule has 0 rings (SSSR count). The molecule has 1 N–H and O–H groups in total. The van der Waals surface area contributed by atoms with E-state index in [1.54, 1.807) is 11.8 Å². The molecule has 0 aromatic rings. The van der Waals surface area contributed by atoms with E-state index in [1.807, 2.05) is 13.0 Å². The molecule has 52 valence electrons. The van der Waals surface area contributed by atoms with Gasteiger partial charge in [-0.15, -0.1) is 0 Å². The van der Waals surface area contributed by atoms with Crippen LogP contribution in [-0.4, -0.2) is 22.7 Å². The zero-order valence-corrected chi connectivity index (χ0v) is 6.32. The Morgan fingerprint density at radius 3 is 2.89 bits per heavy atom. The van der Waals surface area contributed by atoms with Gasteiger partial charge in [0.1, 0.15) is 0 Å². The minimum atomic E-state index is 0.204. The van der Waals surface area contributed by atoms with Crippen LogP contribution in [0.25, 0.3) is 0 Å². The second kappa shape index (κ2) is 5.93. The largest absolute Gasteiger partial charge is 0.395 e. The molecular weight excluding hydrogens is 134 g/mol. The topological polar surface area (TPSA) is 44.0 Å². The average Bonchev–Trinajstić information content (AvgIpc) is 1.89. The van der Waals surface area contributed by atoms with Gasteiger partial charge in [-0.3, -0.25) is 0 Å². The number of thioether (sulfide) groups is 1. The molecule has 2 nitrogen and oxygen atoms in total. The molecule has 3 heteroatoms. The number of aliphatic hydroxyl groups excluding tert-OH is 1. The fraction of sp³-hybridized carbons (Fsp3) is 0.833. The van der Waals surface area contributed by atoms with E-state index in [4.69, 9.17) is 10.4 Å². The Kier molecular flexibility index (Phi) is 5.80. The van der Waals surface area contributed by atoms with Gasteiger partial charge in [0.25, 0.3) is 0 Å². The van der Waals surface area contributed by atoms with E-state index in [9.17, 15) is 0 Å². The summed E-state index contributed by atoms with van der Waals surface area (Å²) in [5.74, 6) is 0.832. The minimum absolute atomic E-state index is 0.204. The van der Waals surface area contributed by atoms with Gasteiger partial charge in [-0.1, -0.05) is 6.92 Å². The van der Waals surface area contributed by atoms with Gasteiger partial charge in [0, 0.05) is 17.4 Å². The van der Waals surface area contributed by atoms with E-state index >= 15 is 0 Å². The molecule has 0 aromatic heterocycles. The highest BCUT2D eigenvalue weighted by atomic mass is 32.2. The van der Waals surface area contributed by atoms with Crippen LogP contribution in [-0.2, 0) is 0 Å². The van der Waals surface area contributed by atoms with E-state index in [2.05, 4.69) is 0 Å². The van der Waals surface area contributed by atoms with E-state index in [0.29, 0.717) is 6.42 Å². The predicted octanol–water partition coefficient (Wildman–Crippen LogP) is 1.01. The van der Waals surface area contributed by atoms with Crippen molar-refractivity contribution in [2.24, 2.45) is 0 Å². The van der Waals surface area contributed by atoms with E-state index in [1.165, 1.54) is 0 Å². The minimum Gasteiger partial charge on any atom is -0.395 e. The lowest BCUT2D eigenvalue weighted by molar-refractivity contribution is 0.300. The van der Waals surface area contributed by atoms with Crippen molar-refractivity contribution < 1.29 is 5.11 Å². The Morgan fingerprint density at radius 1 is 1.78 bits per heavy atom. The number of hydrogen-bond acceptors (Lipinski definition) is 3. The standard InChI is InChI=1S/C6H11NOS/c1-6(5-8)9-4-2-3-7/h6,8H,2,4-5H2,1H3. The maximum absolute atomic E-state index is 8.53. The van der Waals surface area contributed by atoms with Gasteiger partial charge in [0.15, 0.2) is 0 Å². The first kappa shape index (κ1) is 8.80. The van der Waals surface area contributed by atoms with E-state index in [0.717, 1.165) is 5.75 Å². The maximum Gasteiger partial charge on any atom is 0.0630 e. The number of rotatable bonds is 4. The molecule has 0 saturated carbocycles. The van der Waals surface area contributed by atoms with Crippen molar-refractivity contribution in [2.75, 3.05) is 12.4 Å². The molecule has 0 spiro atoms. The second-order valence-corrected chi connectivity index (χ2v) is 3.32. The smallest absolute Gasteiger partial charge is 0.0630 e. The lowest BCUT2D eigenvalue weighted by atomic mass is 10.5. The molecule has 0 heterocycles. The third kappa shape index (κ3) is 5.67. The Morgan fingerprint density at radius 2 is 2.44 bits per heavy atom. The summed E-state index contributed by atoms with van der Waals surface area (Å²) in [6.07, 6.45) is 0.578. The molecule has 9 heavy (non-hydrogen) atoms. The van der Waals surface area contributed by atoms with Crippen molar-refractivity contribution in [3.63, 3.8) is 0 Å². The number of hydrogen-bond donors (Lipinski definition) is 1. The molecule has 1 atom stereocenters. The molecule has 0 amide bonds. The van der Waals surface area contributed by atoms with Crippen molar-refractivity contribution in [1.82, 2.24) is 0 Å². The highest BCUT2D eigenvalue weighted by molar-refractivity contribution is 7.99. The van der Waals surface area contributed by atoms with Gasteiger partial charge in [-0.25, -0.2) is 0 Å². The number of nitrogens with zero attached hydrogens (tertiary/aromatic N) is 1. The molecule has 0 saturated heterocycles. The summed E-state index contributed by atoms with van der Waals surface area (Å²) in [7, 11) is 0. The summed E-state index contributed by atoms with van der Waals surface area (Å²) < 4.78 is 0. The lowest BCUT2D eigenvalue weighted by Crippen LogP contribution is -2.02. The van der Waals surface area contributed by atoms with Crippen molar-refractivity contribution in [3.05, 3.63) is 0 Å². The van der Waals surface area contributed by atoms with Gasteiger partial charge in [-0.2, -0.15) is 17.0 Å². The van der Waals surface area contributed by atoms with Crippen LogP contribution in [0.3, 0.4) is 0 Å². The maximum atomic E-state index is 8.53. The van der Waals surface area contributed by atoms with Crippen LogP contribution >= 0.6 is 11.8 Å². The first-order valence-electron chi connectivity index (χ1n) is 2.90. The Bertz CT molecular complexity index is 99.7. The molecule has 0 aliphatic carbocycles. The van der Waals surface area contributed by atoms with Crippen LogP contribution < -0.4 is 0 Å². The van der Waals surface area contributed by atoms with Crippen LogP contribution in [0.2, 0.25) is 0 Å². The summed E-state index contributed by atoms with van der Waals surface area (Å²) >= 11 is 1.63. The highest BCUT2D eigenvalue weighted by Gasteiger charge is 1.97. The van der Waals surface area contributed by atoms with Crippen molar-refractivity contribution in [3.8, 4) is 6.07 Å². The summed E-state index contributed by atoms with van der Waals surface area (Å²) in [6, 6.07) is 2.04. The molecule has 0 bridgehead atoms. The average molecular weight is 145 g/mol. The fourth-order valence-electron chi connectivity index (χ4n) is 0.358. The molecule has 0 radical (unpaired) electrons. The zero-order valence-electron chi connectivity index (χ0n) is 5.50. The molecular formula is C6H11NOS. The fourth-order valence-corrected chi connectivity index (χ4v) is 1.08. The van der Waals surface area contributed by atoms with Gasteiger partial charge < -0.3 is 5.11 Å². The van der Waals surface area contributed by atoms with Crippen molar-refractivity contribution >= 4 is 11.8 Å². The summed E-state index contributed by atoms with van der Waals surface area (Å²) in [6.45, 7) is 2.15. The van der Waals surface area contributed by atoms with Crippen LogP contribution in [0, 0.1) is 11.3 Å². The Labute approximate surface area is 59.9 Å². The lowest BCUT2D eigenvalue weighted by Gasteiger charge is -2.03. The normalized spacial score (nSPS) is 12.6. The molecule has 0 fully saturated rings. The Hall–Kier alpha value is -0.200. The van der Waals surface area contributed by atoms with Crippen LogP contribution in [0.5, 0.6) is 0 Å². The van der Waals surface area contributed by atoms with E-state index in [-0.39, 0.29) is 11.9 Å². The molecule has 0 aliphatic rings. The third-order valence-electron chi connectivity index (χ3n) is 0.873. The Balaban J connectivity index is 2.99. The molecule has 0 aliphatic heterocycles. The molecule has 0 aromatic carbocycles. The SMILES string of the molecule is CC(CO)SCCC#N. The predicted molar refractivity (Wildman–Crippen MR) is 39.2 cm³/mol. The van der Waals surface area contributed by atoms with Gasteiger partial charge in [0.2, 0.25) is 0 Å². The summed E-state index contributed by atoms with van der Waals surface area (Å²) in [5.41, 5.74) is 0. The molecule has 1 unspecified atom stereocenters. The van der Waals surface area contributed by atoms with Gasteiger partial charge in [0.05, 0.1) is 12.7 Å². The van der Waals surface area contributed by atoms with Crippen molar-refractivity contribution in [2.45, 2.75) is 18.6 Å². The second-order valence-electron chi connectivity index (χ2n) is 1.77. The first-order chi connectivity index (χ1) is 4.31. The summed E-state index contributed by atoms with van der Waals surface area (Å²) in [5, 5.41) is 16.9. The van der Waals surface area contributed by atoms with Crippen LogP contribution in [0.1, 0.15) is 13.3 Å². The summed E-state index contributed by atoms with van der Waals surface area (Å²) in [4.78, 5) is 0. The number of aliphatic hydroxyl groups is 1. The monoisotopic (exact) mass is 145 g/mol. The van der Waals surface area contributed by atoms with E-state index < -0.39 is 0 Å². The highest BCUT2D eigenvalue weighted by Crippen LogP contribution is 2.09. The van der Waals surface area contributed by atoms with Crippen LogP contribution in [0.15, 0.2) is 0 Å². The van der Waals surface area contributed by atoms with Gasteiger partial charge in [-0.05, 0) is 0 Å². The van der Waals surface area contributed by atoms with Crippen molar-refractivity contribution in [1.29, 1.82) is 5.26 Å². The third-order valence-corrected chi connectivity index (χ3v) is 2.03. The first-order valence-corrected chi connectivity index (χ1v) is 3.95. The zero-order chi connectivity index (χ0) is 7.11. The van der Waals surface area contributed by atoms with Gasteiger partial charge >= 0.3 is 0 Å². The van der Waals surface area contributed by atoms with Crippen LogP contribution in [0.4, 0.5) is 0 Å².